The second kappa shape index (κ2) is 3.88. The van der Waals surface area contributed by atoms with Crippen molar-refractivity contribution in [2.45, 2.75) is 31.3 Å². The Morgan fingerprint density at radius 3 is 2.80 bits per heavy atom. The molecular formula is C16H14O4. The van der Waals surface area contributed by atoms with Crippen molar-refractivity contribution in [2.75, 3.05) is 0 Å². The van der Waals surface area contributed by atoms with Crippen molar-refractivity contribution < 1.29 is 14.3 Å². The van der Waals surface area contributed by atoms with E-state index in [0.717, 1.165) is 30.2 Å². The maximum atomic E-state index is 11.4. The largest absolute Gasteiger partial charge is 0.507 e. The molecule has 2 aromatic rings. The van der Waals surface area contributed by atoms with E-state index in [1.54, 1.807) is 6.07 Å². The topological polar surface area (TPSA) is 59.7 Å². The molecule has 0 saturated heterocycles. The first-order valence-electron chi connectivity index (χ1n) is 6.85. The first-order chi connectivity index (χ1) is 9.67. The van der Waals surface area contributed by atoms with E-state index in [4.69, 9.17) is 9.15 Å². The number of ether oxygens (including phenoxy) is 1. The summed E-state index contributed by atoms with van der Waals surface area (Å²) in [6.07, 6.45) is 8.39. The van der Waals surface area contributed by atoms with Crippen LogP contribution in [0.1, 0.15) is 31.2 Å². The van der Waals surface area contributed by atoms with Gasteiger partial charge in [0.25, 0.3) is 0 Å². The number of fused-ring (bicyclic) bond motifs is 3. The molecule has 1 aliphatic heterocycles. The highest BCUT2D eigenvalue weighted by Gasteiger charge is 2.36. The summed E-state index contributed by atoms with van der Waals surface area (Å²) in [6, 6.07) is 4.65. The molecule has 0 amide bonds. The number of hydrogen-bond acceptors (Lipinski definition) is 4. The Balaban J connectivity index is 1.95. The van der Waals surface area contributed by atoms with Crippen LogP contribution in [0.4, 0.5) is 0 Å². The van der Waals surface area contributed by atoms with E-state index in [0.29, 0.717) is 11.0 Å². The highest BCUT2D eigenvalue weighted by Crippen LogP contribution is 2.43. The minimum atomic E-state index is -0.557. The fraction of sp³-hybridized carbons (Fsp3) is 0.312. The van der Waals surface area contributed by atoms with Gasteiger partial charge in [0.05, 0.1) is 17.0 Å². The Hall–Kier alpha value is -2.23. The maximum absolute atomic E-state index is 11.4. The molecule has 4 rings (SSSR count). The summed E-state index contributed by atoms with van der Waals surface area (Å²) in [6.45, 7) is 0. The van der Waals surface area contributed by atoms with Crippen LogP contribution < -0.4 is 10.4 Å². The molecule has 20 heavy (non-hydrogen) atoms. The zero-order chi connectivity index (χ0) is 13.7. The maximum Gasteiger partial charge on any atom is 0.339 e. The van der Waals surface area contributed by atoms with Gasteiger partial charge in [0.15, 0.2) is 5.58 Å². The van der Waals surface area contributed by atoms with E-state index in [-0.39, 0.29) is 11.4 Å². The molecule has 1 fully saturated rings. The fourth-order valence-corrected chi connectivity index (χ4v) is 3.19. The van der Waals surface area contributed by atoms with Gasteiger partial charge in [-0.1, -0.05) is 0 Å². The third-order valence-corrected chi connectivity index (χ3v) is 4.21. The van der Waals surface area contributed by atoms with Gasteiger partial charge in [-0.3, -0.25) is 0 Å². The summed E-state index contributed by atoms with van der Waals surface area (Å²) in [5, 5.41) is 10.4. The van der Waals surface area contributed by atoms with Gasteiger partial charge < -0.3 is 14.3 Å². The molecule has 102 valence electrons. The first-order valence-corrected chi connectivity index (χ1v) is 6.85. The Morgan fingerprint density at radius 2 is 2.00 bits per heavy atom. The second-order valence-electron chi connectivity index (χ2n) is 5.51. The lowest BCUT2D eigenvalue weighted by Crippen LogP contribution is -2.31. The van der Waals surface area contributed by atoms with Crippen LogP contribution in [0.5, 0.6) is 11.5 Å². The number of hydrogen-bond donors (Lipinski definition) is 1. The molecule has 1 aromatic carbocycles. The van der Waals surface area contributed by atoms with Crippen molar-refractivity contribution in [3.63, 3.8) is 0 Å². The van der Waals surface area contributed by atoms with Crippen LogP contribution in [-0.4, -0.2) is 10.7 Å². The molecule has 1 N–H and O–H groups in total. The van der Waals surface area contributed by atoms with Gasteiger partial charge in [-0.05, 0) is 50.0 Å². The summed E-state index contributed by atoms with van der Waals surface area (Å²) >= 11 is 0. The first kappa shape index (κ1) is 11.6. The van der Waals surface area contributed by atoms with E-state index in [9.17, 15) is 9.90 Å². The Kier molecular flexibility index (Phi) is 2.25. The second-order valence-corrected chi connectivity index (χ2v) is 5.51. The quantitative estimate of drug-likeness (QED) is 0.747. The smallest absolute Gasteiger partial charge is 0.339 e. The van der Waals surface area contributed by atoms with Gasteiger partial charge in [0.2, 0.25) is 0 Å². The van der Waals surface area contributed by atoms with E-state index in [2.05, 4.69) is 6.08 Å². The molecule has 1 aromatic heterocycles. The summed E-state index contributed by atoms with van der Waals surface area (Å²) in [5.74, 6) is 0.657. The molecule has 1 spiro atoms. The highest BCUT2D eigenvalue weighted by molar-refractivity contribution is 5.92. The Labute approximate surface area is 115 Å². The summed E-state index contributed by atoms with van der Waals surface area (Å²) in [5.41, 5.74) is 0.361. The fourth-order valence-electron chi connectivity index (χ4n) is 3.19. The van der Waals surface area contributed by atoms with Gasteiger partial charge in [-0.2, -0.15) is 0 Å². The van der Waals surface area contributed by atoms with Crippen molar-refractivity contribution in [1.82, 2.24) is 0 Å². The molecule has 0 unspecified atom stereocenters. The molecule has 4 nitrogen and oxygen atoms in total. The monoisotopic (exact) mass is 270 g/mol. The number of rotatable bonds is 0. The van der Waals surface area contributed by atoms with E-state index < -0.39 is 5.63 Å². The predicted molar refractivity (Wildman–Crippen MR) is 75.0 cm³/mol. The van der Waals surface area contributed by atoms with Crippen molar-refractivity contribution in [1.29, 1.82) is 0 Å². The van der Waals surface area contributed by atoms with E-state index in [1.807, 2.05) is 12.1 Å². The van der Waals surface area contributed by atoms with Gasteiger partial charge in [0.1, 0.15) is 17.1 Å². The van der Waals surface area contributed by atoms with Gasteiger partial charge in [-0.25, -0.2) is 4.79 Å². The van der Waals surface area contributed by atoms with Crippen molar-refractivity contribution in [3.05, 3.63) is 40.3 Å². The predicted octanol–water partition coefficient (Wildman–Crippen LogP) is 3.22. The summed E-state index contributed by atoms with van der Waals surface area (Å²) in [4.78, 5) is 11.4. The molecule has 1 saturated carbocycles. The van der Waals surface area contributed by atoms with Gasteiger partial charge in [-0.15, -0.1) is 0 Å². The molecule has 2 heterocycles. The van der Waals surface area contributed by atoms with E-state index in [1.165, 1.54) is 12.8 Å². The third-order valence-electron chi connectivity index (χ3n) is 4.21. The molecule has 4 heteroatoms. The molecular weight excluding hydrogens is 256 g/mol. The summed E-state index contributed by atoms with van der Waals surface area (Å²) in [7, 11) is 0. The lowest BCUT2D eigenvalue weighted by molar-refractivity contribution is 0.125. The molecule has 0 bridgehead atoms. The minimum absolute atomic E-state index is 0.0615. The van der Waals surface area contributed by atoms with Crippen LogP contribution >= 0.6 is 0 Å². The summed E-state index contributed by atoms with van der Waals surface area (Å²) < 4.78 is 11.4. The Morgan fingerprint density at radius 1 is 1.20 bits per heavy atom. The van der Waals surface area contributed by atoms with Crippen LogP contribution in [0.25, 0.3) is 17.0 Å². The molecule has 2 aliphatic rings. The average Bonchev–Trinajstić information content (AvgIpc) is 2.86. The van der Waals surface area contributed by atoms with Crippen molar-refractivity contribution >= 4 is 17.0 Å². The lowest BCUT2D eigenvalue weighted by atomic mass is 9.96. The zero-order valence-electron chi connectivity index (χ0n) is 10.9. The standard InChI is InChI=1S/C16H14O4/c17-12-9-14(18)19-15-10(12)3-4-13-11(15)5-8-16(20-13)6-1-2-7-16/h3-5,8-9,17H,1-2,6-7H2. The normalized spacial score (nSPS) is 19.2. The third kappa shape index (κ3) is 1.57. The van der Waals surface area contributed by atoms with Crippen LogP contribution in [0.3, 0.4) is 0 Å². The van der Waals surface area contributed by atoms with Crippen LogP contribution in [0.15, 0.2) is 33.5 Å². The Bertz CT molecular complexity index is 779. The van der Waals surface area contributed by atoms with Crippen molar-refractivity contribution in [2.24, 2.45) is 0 Å². The minimum Gasteiger partial charge on any atom is -0.507 e. The molecule has 1 aliphatic carbocycles. The molecule has 0 radical (unpaired) electrons. The molecule has 0 atom stereocenters. The van der Waals surface area contributed by atoms with Gasteiger partial charge >= 0.3 is 5.63 Å². The van der Waals surface area contributed by atoms with Crippen LogP contribution in [0.2, 0.25) is 0 Å². The van der Waals surface area contributed by atoms with Crippen LogP contribution in [-0.2, 0) is 0 Å². The van der Waals surface area contributed by atoms with Crippen LogP contribution in [0, 0.1) is 0 Å². The number of aromatic hydroxyl groups is 1. The highest BCUT2D eigenvalue weighted by atomic mass is 16.5. The average molecular weight is 270 g/mol. The van der Waals surface area contributed by atoms with Crippen molar-refractivity contribution in [3.8, 4) is 11.5 Å². The lowest BCUT2D eigenvalue weighted by Gasteiger charge is -2.31. The zero-order valence-corrected chi connectivity index (χ0v) is 10.9. The SMILES string of the molecule is O=c1cc(O)c2ccc3c(c2o1)C=CC1(CCCC1)O3. The number of benzene rings is 1. The van der Waals surface area contributed by atoms with Gasteiger partial charge in [0, 0.05) is 0 Å². The van der Waals surface area contributed by atoms with E-state index >= 15 is 0 Å².